The predicted octanol–water partition coefficient (Wildman–Crippen LogP) is -1.73. The second-order valence-corrected chi connectivity index (χ2v) is 15.1. The number of rotatable bonds is 7. The number of fused-ring (bicyclic) bond motifs is 2. The van der Waals surface area contributed by atoms with Crippen LogP contribution in [0.5, 0.6) is 0 Å². The van der Waals surface area contributed by atoms with Gasteiger partial charge in [-0.1, -0.05) is 33.3 Å². The molecule has 0 aromatic rings. The number of carbonyl (C=O) groups excluding carboxylic acids is 4. The highest BCUT2D eigenvalue weighted by Gasteiger charge is 2.85. The molecule has 278 valence electrons. The summed E-state index contributed by atoms with van der Waals surface area (Å²) < 4.78 is 34.4. The summed E-state index contributed by atoms with van der Waals surface area (Å²) in [6, 6.07) is 0. The van der Waals surface area contributed by atoms with Gasteiger partial charge in [0.25, 0.3) is 0 Å². The molecular weight excluding hydrogens is 664 g/mol. The molecule has 16 nitrogen and oxygen atoms in total. The number of hydrogen-bond acceptors (Lipinski definition) is 16. The topological polar surface area (TPSA) is 245 Å². The molecule has 0 aromatic carbocycles. The predicted molar refractivity (Wildman–Crippen MR) is 164 cm³/mol. The standard InChI is InChI=1S/C34H46O16/c1-12(2)13(3)7-19(36)50-25-27-33-11-46-34(27,31(44)45-6)28(42)24(41)26(33)32(5)9-16(20(37)14(4)15(32)8-18(33)49-29(25)43)47-30-23(40)22(39)21(38)17(10-35)48-30/h7,9,12,14-15,17-18,21-28,30,35,38-42H,8,10-11H2,1-6H3/b13-7+/t14-,15-,17+,18-,21+,22-,23+,24+,25+,26+,27+,28-,30+,32-,33+,34+/m0/s1. The average molecular weight is 711 g/mol. The number of allylic oxidation sites excluding steroid dienone is 3. The zero-order valence-corrected chi connectivity index (χ0v) is 28.6. The van der Waals surface area contributed by atoms with E-state index < -0.39 is 126 Å². The van der Waals surface area contributed by atoms with Crippen LogP contribution < -0.4 is 0 Å². The van der Waals surface area contributed by atoms with Crippen LogP contribution in [0, 0.1) is 40.4 Å². The minimum absolute atomic E-state index is 0.0294. The van der Waals surface area contributed by atoms with Crippen LogP contribution in [0.3, 0.4) is 0 Å². The molecule has 16 heteroatoms. The van der Waals surface area contributed by atoms with E-state index in [4.69, 9.17) is 28.4 Å². The maximum Gasteiger partial charge on any atom is 0.348 e. The summed E-state index contributed by atoms with van der Waals surface area (Å²) in [5, 5.41) is 64.8. The summed E-state index contributed by atoms with van der Waals surface area (Å²) >= 11 is 0. The summed E-state index contributed by atoms with van der Waals surface area (Å²) in [6.07, 6.45) is -12.2. The molecule has 0 aromatic heterocycles. The van der Waals surface area contributed by atoms with E-state index in [1.54, 1.807) is 20.8 Å². The van der Waals surface area contributed by atoms with Crippen LogP contribution >= 0.6 is 0 Å². The van der Waals surface area contributed by atoms with E-state index >= 15 is 0 Å². The third kappa shape index (κ3) is 4.94. The van der Waals surface area contributed by atoms with Crippen molar-refractivity contribution in [2.75, 3.05) is 20.3 Å². The average Bonchev–Trinajstić information content (AvgIpc) is 3.38. The molecule has 0 amide bonds. The molecule has 6 aliphatic rings. The minimum Gasteiger partial charge on any atom is -0.467 e. The van der Waals surface area contributed by atoms with Gasteiger partial charge in [-0.05, 0) is 36.7 Å². The molecule has 5 fully saturated rings. The van der Waals surface area contributed by atoms with Crippen LogP contribution in [0.2, 0.25) is 0 Å². The zero-order chi connectivity index (χ0) is 36.8. The highest BCUT2D eigenvalue weighted by atomic mass is 16.7. The third-order valence-electron chi connectivity index (χ3n) is 12.4. The number of methoxy groups -OCH3 is 1. The van der Waals surface area contributed by atoms with Crippen molar-refractivity contribution in [2.45, 2.75) is 102 Å². The minimum atomic E-state index is -2.34. The Bertz CT molecular complexity index is 1490. The van der Waals surface area contributed by atoms with Crippen molar-refractivity contribution in [1.82, 2.24) is 0 Å². The van der Waals surface area contributed by atoms with E-state index in [9.17, 15) is 49.8 Å². The van der Waals surface area contributed by atoms with E-state index in [0.717, 1.165) is 7.11 Å². The van der Waals surface area contributed by atoms with Gasteiger partial charge in [-0.15, -0.1) is 0 Å². The molecule has 1 spiro atoms. The molecule has 6 rings (SSSR count). The van der Waals surface area contributed by atoms with Crippen LogP contribution in [-0.4, -0.2) is 135 Å². The monoisotopic (exact) mass is 710 g/mol. The van der Waals surface area contributed by atoms with Crippen molar-refractivity contribution in [1.29, 1.82) is 0 Å². The Morgan fingerprint density at radius 1 is 1.06 bits per heavy atom. The molecule has 2 bridgehead atoms. The van der Waals surface area contributed by atoms with Gasteiger partial charge in [0.2, 0.25) is 18.0 Å². The number of ether oxygens (including phenoxy) is 6. The SMILES string of the molecule is COC(=O)[C@]12OC[C@@]34[C@H](C[C@H]5[C@H](C)C(=O)C(O[C@@H]6O[C@H](CO)[C@@H](O)[C@H](O)[C@H]6O)=C[C@]5(C)[C@H]3[C@@H](O)[C@@H]1O)OC(=O)[C@H](OC(=O)/C=C(\C)C(C)C)[C@@H]24. The second kappa shape index (κ2) is 12.6. The number of carbonyl (C=O) groups is 4. The Hall–Kier alpha value is -2.96. The van der Waals surface area contributed by atoms with E-state index in [1.165, 1.54) is 12.2 Å². The molecule has 0 unspecified atom stereocenters. The van der Waals surface area contributed by atoms with Crippen LogP contribution in [0.1, 0.15) is 41.0 Å². The van der Waals surface area contributed by atoms with Crippen molar-refractivity contribution in [3.8, 4) is 0 Å². The fourth-order valence-corrected chi connectivity index (χ4v) is 9.69. The number of aliphatic hydroxyl groups is 6. The van der Waals surface area contributed by atoms with Gasteiger partial charge in [0.15, 0.2) is 11.5 Å². The molecule has 0 radical (unpaired) electrons. The highest BCUT2D eigenvalue weighted by molar-refractivity contribution is 5.97. The maximum absolute atomic E-state index is 13.8. The number of ketones is 1. The van der Waals surface area contributed by atoms with E-state index in [-0.39, 0.29) is 24.7 Å². The van der Waals surface area contributed by atoms with Gasteiger partial charge < -0.3 is 59.1 Å². The quantitative estimate of drug-likeness (QED) is 0.0976. The Balaban J connectivity index is 1.47. The highest BCUT2D eigenvalue weighted by Crippen LogP contribution is 2.72. The number of Topliss-reactive ketones (excluding diaryl/α,β-unsaturated/α-hetero) is 1. The Morgan fingerprint density at radius 3 is 2.36 bits per heavy atom. The lowest BCUT2D eigenvalue weighted by atomic mass is 9.38. The molecule has 2 saturated carbocycles. The summed E-state index contributed by atoms with van der Waals surface area (Å²) in [4.78, 5) is 54.5. The van der Waals surface area contributed by atoms with Gasteiger partial charge in [-0.3, -0.25) is 4.79 Å². The molecular formula is C34H46O16. The fourth-order valence-electron chi connectivity index (χ4n) is 9.69. The molecule has 6 N–H and O–H groups in total. The summed E-state index contributed by atoms with van der Waals surface area (Å²) in [5.74, 6) is -7.88. The van der Waals surface area contributed by atoms with Gasteiger partial charge in [0, 0.05) is 23.3 Å². The van der Waals surface area contributed by atoms with Gasteiger partial charge >= 0.3 is 17.9 Å². The first-order chi connectivity index (χ1) is 23.4. The second-order valence-electron chi connectivity index (χ2n) is 15.1. The van der Waals surface area contributed by atoms with Crippen molar-refractivity contribution >= 4 is 23.7 Å². The third-order valence-corrected chi connectivity index (χ3v) is 12.4. The number of esters is 3. The molecule has 3 heterocycles. The maximum atomic E-state index is 13.8. The van der Waals surface area contributed by atoms with Crippen LogP contribution in [0.15, 0.2) is 23.5 Å². The first-order valence-corrected chi connectivity index (χ1v) is 16.8. The van der Waals surface area contributed by atoms with Crippen LogP contribution in [0.25, 0.3) is 0 Å². The Morgan fingerprint density at radius 2 is 1.74 bits per heavy atom. The number of hydrogen-bond donors (Lipinski definition) is 6. The smallest absolute Gasteiger partial charge is 0.348 e. The first kappa shape index (κ1) is 36.8. The molecule has 3 saturated heterocycles. The lowest BCUT2D eigenvalue weighted by Crippen LogP contribution is -2.79. The van der Waals surface area contributed by atoms with Crippen LogP contribution in [-0.2, 0) is 47.6 Å². The molecule has 50 heavy (non-hydrogen) atoms. The van der Waals surface area contributed by atoms with Crippen molar-refractivity contribution in [3.05, 3.63) is 23.5 Å². The van der Waals surface area contributed by atoms with E-state index in [0.29, 0.717) is 5.57 Å². The molecule has 3 aliphatic heterocycles. The van der Waals surface area contributed by atoms with Crippen molar-refractivity contribution in [2.24, 2.45) is 40.4 Å². The molecule has 16 atom stereocenters. The van der Waals surface area contributed by atoms with Crippen molar-refractivity contribution in [3.63, 3.8) is 0 Å². The number of aliphatic hydroxyl groups excluding tert-OH is 6. The van der Waals surface area contributed by atoms with Crippen molar-refractivity contribution < 1.29 is 78.2 Å². The van der Waals surface area contributed by atoms with Gasteiger partial charge in [-0.2, -0.15) is 0 Å². The van der Waals surface area contributed by atoms with E-state index in [2.05, 4.69) is 0 Å². The Kier molecular flexibility index (Phi) is 9.29. The lowest BCUT2D eigenvalue weighted by molar-refractivity contribution is -0.296. The normalized spacial score (nSPS) is 48.2. The first-order valence-electron chi connectivity index (χ1n) is 16.8. The summed E-state index contributed by atoms with van der Waals surface area (Å²) in [7, 11) is 1.06. The van der Waals surface area contributed by atoms with E-state index in [1.807, 2.05) is 13.8 Å². The summed E-state index contributed by atoms with van der Waals surface area (Å²) in [5.41, 5.74) is -4.45. The fraction of sp³-hybridized carbons (Fsp3) is 0.765. The summed E-state index contributed by atoms with van der Waals surface area (Å²) in [6.45, 7) is 7.69. The van der Waals surface area contributed by atoms with Gasteiger partial charge in [0.1, 0.15) is 36.6 Å². The lowest BCUT2D eigenvalue weighted by Gasteiger charge is -2.67. The Labute approximate surface area is 287 Å². The zero-order valence-electron chi connectivity index (χ0n) is 28.6. The van der Waals surface area contributed by atoms with Gasteiger partial charge in [0.05, 0.1) is 32.3 Å². The largest absolute Gasteiger partial charge is 0.467 e. The van der Waals surface area contributed by atoms with Crippen LogP contribution in [0.4, 0.5) is 0 Å². The van der Waals surface area contributed by atoms with Gasteiger partial charge in [-0.25, -0.2) is 14.4 Å². The molecule has 3 aliphatic carbocycles.